The number of morpholine rings is 1. The van der Waals surface area contributed by atoms with E-state index in [4.69, 9.17) is 18.8 Å². The van der Waals surface area contributed by atoms with Gasteiger partial charge in [0.05, 0.1) is 48.5 Å². The number of hydrogen-bond donors (Lipinski definition) is 0. The van der Waals surface area contributed by atoms with Gasteiger partial charge in [-0.1, -0.05) is 12.1 Å². The van der Waals surface area contributed by atoms with E-state index in [0.29, 0.717) is 57.3 Å². The Morgan fingerprint density at radius 1 is 0.860 bits per heavy atom. The summed E-state index contributed by atoms with van der Waals surface area (Å²) in [5.41, 5.74) is 1.19. The van der Waals surface area contributed by atoms with Gasteiger partial charge in [-0.3, -0.25) is 14.5 Å². The van der Waals surface area contributed by atoms with Gasteiger partial charge in [-0.25, -0.2) is 0 Å². The smallest absolute Gasteiger partial charge is 0.399 e. The highest BCUT2D eigenvalue weighted by Crippen LogP contribution is 2.52. The van der Waals surface area contributed by atoms with E-state index in [9.17, 15) is 9.59 Å². The van der Waals surface area contributed by atoms with Crippen LogP contribution in [-0.2, 0) is 33.8 Å². The van der Waals surface area contributed by atoms with Crippen molar-refractivity contribution in [2.75, 3.05) is 44.4 Å². The van der Waals surface area contributed by atoms with Crippen molar-refractivity contribution >= 4 is 30.1 Å². The number of benzene rings is 1. The van der Waals surface area contributed by atoms with Crippen LogP contribution < -0.4 is 10.4 Å². The Labute approximate surface area is 255 Å². The van der Waals surface area contributed by atoms with Crippen molar-refractivity contribution in [3.05, 3.63) is 23.8 Å². The maximum atomic E-state index is 14.7. The van der Waals surface area contributed by atoms with Gasteiger partial charge in [-0.15, -0.1) is 0 Å². The summed E-state index contributed by atoms with van der Waals surface area (Å²) in [6, 6.07) is 8.16. The maximum absolute atomic E-state index is 14.7. The van der Waals surface area contributed by atoms with Gasteiger partial charge < -0.3 is 28.6 Å². The molecule has 1 aliphatic carbocycles. The van der Waals surface area contributed by atoms with Crippen LogP contribution >= 0.6 is 0 Å². The number of anilines is 1. The Hall–Kier alpha value is -1.98. The number of hydrogen-bond acceptors (Lipinski definition) is 7. The second-order valence-electron chi connectivity index (χ2n) is 15.6. The summed E-state index contributed by atoms with van der Waals surface area (Å²) in [6.07, 6.45) is 5.74. The maximum Gasteiger partial charge on any atom is 0.494 e. The first-order valence-electron chi connectivity index (χ1n) is 16.5. The number of rotatable bonds is 4. The lowest BCUT2D eigenvalue weighted by Gasteiger charge is -2.51. The van der Waals surface area contributed by atoms with E-state index >= 15 is 0 Å². The summed E-state index contributed by atoms with van der Waals surface area (Å²) in [6.45, 7) is 14.1. The minimum absolute atomic E-state index is 0.161. The first-order chi connectivity index (χ1) is 20.4. The molecule has 1 aromatic rings. The topological polar surface area (TPSA) is 80.8 Å². The number of carbonyl (C=O) groups is 2. The van der Waals surface area contributed by atoms with Crippen molar-refractivity contribution in [1.29, 1.82) is 0 Å². The molecule has 232 valence electrons. The quantitative estimate of drug-likeness (QED) is 0.499. The number of ether oxygens (including phenoxy) is 2. The molecule has 2 atom stereocenters. The molecule has 6 aliphatic heterocycles. The fraction of sp³-hybridized carbons (Fsp3) is 0.758. The van der Waals surface area contributed by atoms with E-state index in [-0.39, 0.29) is 17.9 Å². The van der Waals surface area contributed by atoms with Crippen LogP contribution in [0, 0.1) is 5.41 Å². The Bertz CT molecular complexity index is 1300. The predicted molar refractivity (Wildman–Crippen MR) is 162 cm³/mol. The molecule has 1 saturated carbocycles. The molecular weight excluding hydrogens is 545 g/mol. The van der Waals surface area contributed by atoms with E-state index < -0.39 is 29.2 Å². The van der Waals surface area contributed by atoms with Crippen LogP contribution in [0.25, 0.3) is 0 Å². The standard InChI is InChI=1S/C33H46BN3O6/c1-30(2)31(3,4)43-34(42-30)21-6-9-26-27(14-21)37(25-15-24(16-25)36-22-7-8-23(36)18-40-17-22)29(39)33(26)10-12-35(13-11-33)28(38)32(5)19-41-20-32/h6,9,14,22-25H,7-8,10-13,15-20H2,1-5H3. The molecule has 7 aliphatic rings. The Morgan fingerprint density at radius 3 is 2.07 bits per heavy atom. The third-order valence-electron chi connectivity index (χ3n) is 12.4. The van der Waals surface area contributed by atoms with E-state index in [1.54, 1.807) is 0 Å². The number of piperidine rings is 1. The van der Waals surface area contributed by atoms with Gasteiger partial charge in [0.15, 0.2) is 0 Å². The van der Waals surface area contributed by atoms with Crippen molar-refractivity contribution in [3.8, 4) is 0 Å². The van der Waals surface area contributed by atoms with E-state index in [1.807, 2.05) is 11.8 Å². The number of carbonyl (C=O) groups excluding carboxylic acids is 2. The summed E-state index contributed by atoms with van der Waals surface area (Å²) in [5, 5.41) is 0. The Morgan fingerprint density at radius 2 is 1.49 bits per heavy atom. The largest absolute Gasteiger partial charge is 0.494 e. The monoisotopic (exact) mass is 591 g/mol. The molecule has 9 nitrogen and oxygen atoms in total. The zero-order valence-electron chi connectivity index (χ0n) is 26.4. The van der Waals surface area contributed by atoms with Crippen LogP contribution in [0.2, 0.25) is 0 Å². The number of likely N-dealkylation sites (tertiary alicyclic amines) is 1. The molecule has 5 saturated heterocycles. The zero-order valence-corrected chi connectivity index (χ0v) is 26.4. The first-order valence-corrected chi connectivity index (χ1v) is 16.5. The van der Waals surface area contributed by atoms with E-state index in [0.717, 1.165) is 42.8 Å². The summed E-state index contributed by atoms with van der Waals surface area (Å²) >= 11 is 0. The molecule has 2 amide bonds. The lowest BCUT2D eigenvalue weighted by Crippen LogP contribution is -2.62. The summed E-state index contributed by atoms with van der Waals surface area (Å²) in [5.74, 6) is 0.376. The average Bonchev–Trinajstić information content (AvgIpc) is 3.40. The summed E-state index contributed by atoms with van der Waals surface area (Å²) in [4.78, 5) is 34.8. The highest BCUT2D eigenvalue weighted by atomic mass is 16.7. The summed E-state index contributed by atoms with van der Waals surface area (Å²) in [7, 11) is -0.480. The van der Waals surface area contributed by atoms with Crippen LogP contribution in [0.15, 0.2) is 18.2 Å². The van der Waals surface area contributed by atoms with E-state index in [1.165, 1.54) is 12.8 Å². The van der Waals surface area contributed by atoms with Crippen molar-refractivity contribution in [2.45, 2.75) is 114 Å². The SMILES string of the molecule is CC1(C(=O)N2CCC3(CC2)C(=O)N(C2CC(N4C5CCC4COC5)C2)c2cc(B4OC(C)(C)C(C)(C)O4)ccc23)COC1. The molecule has 2 unspecified atom stereocenters. The van der Waals surface area contributed by atoms with Gasteiger partial charge in [0.2, 0.25) is 11.8 Å². The third-order valence-corrected chi connectivity index (χ3v) is 12.4. The highest BCUT2D eigenvalue weighted by molar-refractivity contribution is 6.62. The molecule has 8 rings (SSSR count). The van der Waals surface area contributed by atoms with Gasteiger partial charge in [0.25, 0.3) is 0 Å². The Balaban J connectivity index is 1.08. The molecule has 6 heterocycles. The van der Waals surface area contributed by atoms with E-state index in [2.05, 4.69) is 55.7 Å². The molecule has 0 radical (unpaired) electrons. The lowest BCUT2D eigenvalue weighted by molar-refractivity contribution is -0.170. The number of fused-ring (bicyclic) bond motifs is 4. The third kappa shape index (κ3) is 4.08. The average molecular weight is 592 g/mol. The van der Waals surface area contributed by atoms with Gasteiger partial charge >= 0.3 is 7.12 Å². The predicted octanol–water partition coefficient (Wildman–Crippen LogP) is 2.62. The molecule has 6 fully saturated rings. The van der Waals surface area contributed by atoms with Crippen molar-refractivity contribution in [3.63, 3.8) is 0 Å². The first kappa shape index (κ1) is 28.5. The number of amides is 2. The van der Waals surface area contributed by atoms with Crippen LogP contribution in [0.3, 0.4) is 0 Å². The lowest BCUT2D eigenvalue weighted by atomic mass is 9.71. The second-order valence-corrected chi connectivity index (χ2v) is 15.6. The number of nitrogens with zero attached hydrogens (tertiary/aromatic N) is 3. The Kier molecular flexibility index (Phi) is 6.31. The molecule has 0 aromatic heterocycles. The van der Waals surface area contributed by atoms with Crippen molar-refractivity contribution in [2.24, 2.45) is 5.41 Å². The van der Waals surface area contributed by atoms with Crippen LogP contribution in [0.5, 0.6) is 0 Å². The normalized spacial score (nSPS) is 35.2. The molecular formula is C33H46BN3O6. The van der Waals surface area contributed by atoms with Gasteiger partial charge in [-0.2, -0.15) is 0 Å². The van der Waals surface area contributed by atoms with Crippen LogP contribution in [0.1, 0.15) is 78.7 Å². The molecule has 1 spiro atoms. The van der Waals surface area contributed by atoms with Crippen molar-refractivity contribution in [1.82, 2.24) is 9.80 Å². The fourth-order valence-corrected chi connectivity index (χ4v) is 8.85. The van der Waals surface area contributed by atoms with Crippen LogP contribution in [-0.4, -0.2) is 104 Å². The van der Waals surface area contributed by atoms with Gasteiger partial charge in [0, 0.05) is 42.9 Å². The summed E-state index contributed by atoms with van der Waals surface area (Å²) < 4.78 is 24.1. The second kappa shape index (κ2) is 9.52. The zero-order chi connectivity index (χ0) is 29.9. The molecule has 1 aromatic carbocycles. The molecule has 43 heavy (non-hydrogen) atoms. The van der Waals surface area contributed by atoms with Crippen LogP contribution in [0.4, 0.5) is 5.69 Å². The molecule has 2 bridgehead atoms. The van der Waals surface area contributed by atoms with Gasteiger partial charge in [0.1, 0.15) is 0 Å². The minimum Gasteiger partial charge on any atom is -0.399 e. The molecule has 10 heteroatoms. The minimum atomic E-state index is -0.597. The molecule has 0 N–H and O–H groups in total. The van der Waals surface area contributed by atoms with Gasteiger partial charge in [-0.05, 0) is 90.2 Å². The fourth-order valence-electron chi connectivity index (χ4n) is 8.85. The van der Waals surface area contributed by atoms with Crippen molar-refractivity contribution < 1.29 is 28.4 Å². The highest BCUT2D eigenvalue weighted by Gasteiger charge is 2.58.